The van der Waals surface area contributed by atoms with Crippen LogP contribution in [0.15, 0.2) is 53.9 Å². The van der Waals surface area contributed by atoms with E-state index in [0.717, 1.165) is 5.56 Å². The lowest BCUT2D eigenvalue weighted by Gasteiger charge is -2.04. The number of benzene rings is 2. The molecule has 0 saturated carbocycles. The van der Waals surface area contributed by atoms with Crippen LogP contribution in [0.25, 0.3) is 0 Å². The van der Waals surface area contributed by atoms with Crippen LogP contribution in [0.1, 0.15) is 22.5 Å². The van der Waals surface area contributed by atoms with Crippen LogP contribution in [0.3, 0.4) is 0 Å². The van der Waals surface area contributed by atoms with Gasteiger partial charge in [0.2, 0.25) is 5.91 Å². The lowest BCUT2D eigenvalue weighted by Crippen LogP contribution is -2.14. The van der Waals surface area contributed by atoms with E-state index in [1.165, 1.54) is 11.3 Å². The Morgan fingerprint density at radius 1 is 1.00 bits per heavy atom. The average Bonchev–Trinajstić information content (AvgIpc) is 3.12. The number of aryl methyl sites for hydroxylation is 1. The second kappa shape index (κ2) is 8.99. The standard InChI is InChI=1S/C19H15Cl2N3O2S/c20-14-8-7-13(10-15(14)21)22-18(26)16-11-27-19(23-16)24-17(25)9-6-12-4-2-1-3-5-12/h1-5,7-8,10-11H,6,9H2,(H,22,26)(H,23,24,25). The van der Waals surface area contributed by atoms with E-state index in [0.29, 0.717) is 33.7 Å². The number of aromatic nitrogens is 1. The predicted octanol–water partition coefficient (Wildman–Crippen LogP) is 5.27. The Morgan fingerprint density at radius 2 is 1.78 bits per heavy atom. The molecule has 2 N–H and O–H groups in total. The van der Waals surface area contributed by atoms with Crippen molar-refractivity contribution < 1.29 is 9.59 Å². The van der Waals surface area contributed by atoms with E-state index in [-0.39, 0.29) is 11.6 Å². The highest BCUT2D eigenvalue weighted by Gasteiger charge is 2.13. The van der Waals surface area contributed by atoms with E-state index in [1.54, 1.807) is 23.6 Å². The molecular weight excluding hydrogens is 405 g/mol. The quantitative estimate of drug-likeness (QED) is 0.571. The topological polar surface area (TPSA) is 71.1 Å². The molecule has 27 heavy (non-hydrogen) atoms. The molecule has 3 aromatic rings. The molecule has 5 nitrogen and oxygen atoms in total. The first-order valence-electron chi connectivity index (χ1n) is 8.07. The van der Waals surface area contributed by atoms with Crippen molar-refractivity contribution in [2.75, 3.05) is 10.6 Å². The first-order valence-corrected chi connectivity index (χ1v) is 9.70. The van der Waals surface area contributed by atoms with Gasteiger partial charge in [0.1, 0.15) is 5.69 Å². The zero-order valence-electron chi connectivity index (χ0n) is 14.0. The molecule has 0 atom stereocenters. The van der Waals surface area contributed by atoms with Crippen LogP contribution in [0, 0.1) is 0 Å². The van der Waals surface area contributed by atoms with Crippen molar-refractivity contribution in [1.29, 1.82) is 0 Å². The lowest BCUT2D eigenvalue weighted by molar-refractivity contribution is -0.116. The van der Waals surface area contributed by atoms with Gasteiger partial charge < -0.3 is 10.6 Å². The van der Waals surface area contributed by atoms with Crippen LogP contribution in [-0.4, -0.2) is 16.8 Å². The van der Waals surface area contributed by atoms with Crippen molar-refractivity contribution in [1.82, 2.24) is 4.98 Å². The Bertz CT molecular complexity index is 961. The van der Waals surface area contributed by atoms with Crippen LogP contribution in [-0.2, 0) is 11.2 Å². The molecule has 0 bridgehead atoms. The van der Waals surface area contributed by atoms with Gasteiger partial charge in [0.25, 0.3) is 5.91 Å². The van der Waals surface area contributed by atoms with Crippen molar-refractivity contribution in [2.24, 2.45) is 0 Å². The first-order chi connectivity index (χ1) is 13.0. The molecule has 3 rings (SSSR count). The number of nitrogens with zero attached hydrogens (tertiary/aromatic N) is 1. The van der Waals surface area contributed by atoms with Crippen LogP contribution in [0.4, 0.5) is 10.8 Å². The Balaban J connectivity index is 1.54. The molecule has 1 aromatic heterocycles. The molecule has 138 valence electrons. The van der Waals surface area contributed by atoms with Crippen molar-refractivity contribution >= 4 is 57.2 Å². The fraction of sp³-hybridized carbons (Fsp3) is 0.105. The molecule has 0 unspecified atom stereocenters. The minimum atomic E-state index is -0.394. The van der Waals surface area contributed by atoms with Crippen molar-refractivity contribution in [3.8, 4) is 0 Å². The summed E-state index contributed by atoms with van der Waals surface area (Å²) in [5.74, 6) is -0.543. The fourth-order valence-electron chi connectivity index (χ4n) is 2.29. The maximum absolute atomic E-state index is 12.3. The minimum Gasteiger partial charge on any atom is -0.321 e. The smallest absolute Gasteiger partial charge is 0.275 e. The van der Waals surface area contributed by atoms with Gasteiger partial charge in [-0.2, -0.15) is 0 Å². The molecule has 0 aliphatic carbocycles. The van der Waals surface area contributed by atoms with Crippen molar-refractivity contribution in [3.63, 3.8) is 0 Å². The summed E-state index contributed by atoms with van der Waals surface area (Å²) in [6.07, 6.45) is 0.983. The summed E-state index contributed by atoms with van der Waals surface area (Å²) in [5.41, 5.74) is 1.81. The molecule has 0 aliphatic rings. The van der Waals surface area contributed by atoms with Gasteiger partial charge in [0.15, 0.2) is 5.13 Å². The third-order valence-electron chi connectivity index (χ3n) is 3.64. The summed E-state index contributed by atoms with van der Waals surface area (Å²) in [6.45, 7) is 0. The molecular formula is C19H15Cl2N3O2S. The van der Waals surface area contributed by atoms with E-state index >= 15 is 0 Å². The Kier molecular flexibility index (Phi) is 6.45. The van der Waals surface area contributed by atoms with Crippen LogP contribution in [0.5, 0.6) is 0 Å². The number of thiazole rings is 1. The van der Waals surface area contributed by atoms with Gasteiger partial charge >= 0.3 is 0 Å². The van der Waals surface area contributed by atoms with Crippen molar-refractivity contribution in [3.05, 3.63) is 75.2 Å². The van der Waals surface area contributed by atoms with Gasteiger partial charge in [-0.05, 0) is 30.2 Å². The average molecular weight is 420 g/mol. The molecule has 1 heterocycles. The zero-order valence-corrected chi connectivity index (χ0v) is 16.4. The molecule has 0 radical (unpaired) electrons. The predicted molar refractivity (Wildman–Crippen MR) is 110 cm³/mol. The van der Waals surface area contributed by atoms with Gasteiger partial charge in [0, 0.05) is 17.5 Å². The third-order valence-corrected chi connectivity index (χ3v) is 5.14. The number of anilines is 2. The van der Waals surface area contributed by atoms with Crippen LogP contribution >= 0.6 is 34.5 Å². The van der Waals surface area contributed by atoms with E-state index in [1.807, 2.05) is 30.3 Å². The molecule has 0 saturated heterocycles. The number of halogens is 2. The van der Waals surface area contributed by atoms with Gasteiger partial charge in [-0.1, -0.05) is 53.5 Å². The Morgan fingerprint density at radius 3 is 2.52 bits per heavy atom. The minimum absolute atomic E-state index is 0.148. The summed E-state index contributed by atoms with van der Waals surface area (Å²) in [7, 11) is 0. The Labute approximate surface area is 170 Å². The summed E-state index contributed by atoms with van der Waals surface area (Å²) in [5, 5.41) is 8.12. The number of amides is 2. The fourth-order valence-corrected chi connectivity index (χ4v) is 3.29. The van der Waals surface area contributed by atoms with Crippen molar-refractivity contribution in [2.45, 2.75) is 12.8 Å². The highest BCUT2D eigenvalue weighted by molar-refractivity contribution is 7.14. The number of hydrogen-bond acceptors (Lipinski definition) is 4. The van der Waals surface area contributed by atoms with Gasteiger partial charge in [0.05, 0.1) is 10.0 Å². The summed E-state index contributed by atoms with van der Waals surface area (Å²) >= 11 is 13.0. The highest BCUT2D eigenvalue weighted by atomic mass is 35.5. The molecule has 2 aromatic carbocycles. The molecule has 0 spiro atoms. The largest absolute Gasteiger partial charge is 0.321 e. The number of rotatable bonds is 6. The second-order valence-corrected chi connectivity index (χ2v) is 7.33. The Hall–Kier alpha value is -2.41. The first kappa shape index (κ1) is 19.4. The molecule has 8 heteroatoms. The zero-order chi connectivity index (χ0) is 19.2. The molecule has 0 fully saturated rings. The third kappa shape index (κ3) is 5.53. The number of hydrogen-bond donors (Lipinski definition) is 2. The van der Waals surface area contributed by atoms with Gasteiger partial charge in [-0.3, -0.25) is 9.59 Å². The summed E-state index contributed by atoms with van der Waals surface area (Å²) in [4.78, 5) is 28.5. The maximum Gasteiger partial charge on any atom is 0.275 e. The van der Waals surface area contributed by atoms with E-state index in [9.17, 15) is 9.59 Å². The van der Waals surface area contributed by atoms with Crippen LogP contribution in [0.2, 0.25) is 10.0 Å². The highest BCUT2D eigenvalue weighted by Crippen LogP contribution is 2.25. The SMILES string of the molecule is O=C(CCc1ccccc1)Nc1nc(C(=O)Nc2ccc(Cl)c(Cl)c2)cs1. The van der Waals surface area contributed by atoms with E-state index in [4.69, 9.17) is 23.2 Å². The number of carbonyl (C=O) groups is 2. The summed E-state index contributed by atoms with van der Waals surface area (Å²) < 4.78 is 0. The normalized spacial score (nSPS) is 10.4. The monoisotopic (exact) mass is 419 g/mol. The van der Waals surface area contributed by atoms with Gasteiger partial charge in [-0.25, -0.2) is 4.98 Å². The molecule has 0 aliphatic heterocycles. The maximum atomic E-state index is 12.3. The van der Waals surface area contributed by atoms with Gasteiger partial charge in [-0.15, -0.1) is 11.3 Å². The number of carbonyl (C=O) groups excluding carboxylic acids is 2. The number of nitrogens with one attached hydrogen (secondary N) is 2. The van der Waals surface area contributed by atoms with Crippen LogP contribution < -0.4 is 10.6 Å². The lowest BCUT2D eigenvalue weighted by atomic mass is 10.1. The summed E-state index contributed by atoms with van der Waals surface area (Å²) in [6, 6.07) is 14.6. The van der Waals surface area contributed by atoms with E-state index < -0.39 is 5.91 Å². The molecule has 2 amide bonds. The van der Waals surface area contributed by atoms with E-state index in [2.05, 4.69) is 15.6 Å². The second-order valence-electron chi connectivity index (χ2n) is 5.65.